The van der Waals surface area contributed by atoms with Crippen LogP contribution in [0.5, 0.6) is 17.2 Å². The van der Waals surface area contributed by atoms with Crippen molar-refractivity contribution < 1.29 is 23.8 Å². The molecule has 0 spiro atoms. The Kier molecular flexibility index (Phi) is 7.83. The molecule has 0 bridgehead atoms. The fourth-order valence-corrected chi connectivity index (χ4v) is 2.92. The lowest BCUT2D eigenvalue weighted by atomic mass is 10.2. The van der Waals surface area contributed by atoms with Crippen LogP contribution < -0.4 is 19.6 Å². The third kappa shape index (κ3) is 6.09. The van der Waals surface area contributed by atoms with E-state index >= 15 is 0 Å². The van der Waals surface area contributed by atoms with Crippen molar-refractivity contribution in [1.82, 2.24) is 5.43 Å². The SMILES string of the molecule is COc1cc(/C=N\NC(=O)COc2ccccc2C)ccc1OC(=O)c1ccccc1Cl. The summed E-state index contributed by atoms with van der Waals surface area (Å²) in [5.41, 5.74) is 4.21. The van der Waals surface area contributed by atoms with E-state index in [9.17, 15) is 9.59 Å². The van der Waals surface area contributed by atoms with Crippen molar-refractivity contribution in [3.63, 3.8) is 0 Å². The van der Waals surface area contributed by atoms with E-state index in [-0.39, 0.29) is 17.9 Å². The Labute approximate surface area is 190 Å². The van der Waals surface area contributed by atoms with Crippen molar-refractivity contribution in [2.24, 2.45) is 5.10 Å². The third-order valence-corrected chi connectivity index (χ3v) is 4.67. The fourth-order valence-electron chi connectivity index (χ4n) is 2.70. The van der Waals surface area contributed by atoms with Gasteiger partial charge >= 0.3 is 5.97 Å². The molecule has 1 amide bonds. The molecule has 0 radical (unpaired) electrons. The number of hydrogen-bond acceptors (Lipinski definition) is 6. The highest BCUT2D eigenvalue weighted by atomic mass is 35.5. The second-order valence-electron chi connectivity index (χ2n) is 6.63. The van der Waals surface area contributed by atoms with Gasteiger partial charge in [-0.3, -0.25) is 4.79 Å². The zero-order valence-electron chi connectivity index (χ0n) is 17.5. The molecule has 3 aromatic carbocycles. The standard InChI is InChI=1S/C24H21ClN2O5/c1-16-7-3-6-10-20(16)31-15-23(28)27-26-14-17-11-12-21(22(13-17)30-2)32-24(29)18-8-4-5-9-19(18)25/h3-14H,15H2,1-2H3,(H,27,28)/b26-14-. The molecule has 7 nitrogen and oxygen atoms in total. The molecule has 3 aromatic rings. The Morgan fingerprint density at radius 2 is 1.75 bits per heavy atom. The van der Waals surface area contributed by atoms with Crippen molar-refractivity contribution in [2.75, 3.05) is 13.7 Å². The average molecular weight is 453 g/mol. The van der Waals surface area contributed by atoms with Gasteiger partial charge in [-0.1, -0.05) is 41.9 Å². The number of hydrazone groups is 1. The first-order chi connectivity index (χ1) is 15.5. The summed E-state index contributed by atoms with van der Waals surface area (Å²) >= 11 is 6.04. The van der Waals surface area contributed by atoms with E-state index in [0.29, 0.717) is 22.1 Å². The molecule has 0 aliphatic heterocycles. The molecule has 0 heterocycles. The molecule has 0 unspecified atom stereocenters. The summed E-state index contributed by atoms with van der Waals surface area (Å²) in [6.07, 6.45) is 1.44. The van der Waals surface area contributed by atoms with E-state index in [1.54, 1.807) is 48.5 Å². The van der Waals surface area contributed by atoms with E-state index in [4.69, 9.17) is 25.8 Å². The van der Waals surface area contributed by atoms with Gasteiger partial charge in [0.05, 0.1) is 23.9 Å². The van der Waals surface area contributed by atoms with E-state index in [2.05, 4.69) is 10.5 Å². The molecular weight excluding hydrogens is 432 g/mol. The fraction of sp³-hybridized carbons (Fsp3) is 0.125. The summed E-state index contributed by atoms with van der Waals surface area (Å²) in [6.45, 7) is 1.73. The van der Waals surface area contributed by atoms with Crippen LogP contribution in [0.3, 0.4) is 0 Å². The number of para-hydroxylation sites is 1. The van der Waals surface area contributed by atoms with Gasteiger partial charge in [0.15, 0.2) is 18.1 Å². The number of carbonyl (C=O) groups excluding carboxylic acids is 2. The minimum Gasteiger partial charge on any atom is -0.493 e. The number of nitrogens with zero attached hydrogens (tertiary/aromatic N) is 1. The lowest BCUT2D eigenvalue weighted by Crippen LogP contribution is -2.24. The molecule has 1 N–H and O–H groups in total. The molecule has 32 heavy (non-hydrogen) atoms. The van der Waals surface area contributed by atoms with Crippen LogP contribution in [-0.2, 0) is 4.79 Å². The van der Waals surface area contributed by atoms with Gasteiger partial charge in [-0.15, -0.1) is 0 Å². The van der Waals surface area contributed by atoms with Gasteiger partial charge in [-0.05, 0) is 54.4 Å². The van der Waals surface area contributed by atoms with Crippen molar-refractivity contribution >= 4 is 29.7 Å². The highest BCUT2D eigenvalue weighted by Gasteiger charge is 2.15. The number of halogens is 1. The summed E-state index contributed by atoms with van der Waals surface area (Å²) in [5, 5.41) is 4.21. The normalized spacial score (nSPS) is 10.6. The van der Waals surface area contributed by atoms with Crippen LogP contribution in [0, 0.1) is 6.92 Å². The quantitative estimate of drug-likeness (QED) is 0.237. The number of ether oxygens (including phenoxy) is 3. The summed E-state index contributed by atoms with van der Waals surface area (Å²) in [4.78, 5) is 24.3. The number of hydrogen-bond donors (Lipinski definition) is 1. The molecule has 8 heteroatoms. The maximum absolute atomic E-state index is 12.4. The van der Waals surface area contributed by atoms with Crippen LogP contribution >= 0.6 is 11.6 Å². The maximum Gasteiger partial charge on any atom is 0.345 e. The minimum atomic E-state index is -0.601. The van der Waals surface area contributed by atoms with Crippen LogP contribution in [0.2, 0.25) is 5.02 Å². The predicted octanol–water partition coefficient (Wildman–Crippen LogP) is 4.41. The monoisotopic (exact) mass is 452 g/mol. The first-order valence-electron chi connectivity index (χ1n) is 9.63. The second-order valence-corrected chi connectivity index (χ2v) is 7.03. The molecule has 0 aromatic heterocycles. The van der Waals surface area contributed by atoms with Gasteiger partial charge in [0, 0.05) is 0 Å². The Morgan fingerprint density at radius 1 is 1.00 bits per heavy atom. The van der Waals surface area contributed by atoms with Gasteiger partial charge in [0.1, 0.15) is 5.75 Å². The van der Waals surface area contributed by atoms with Gasteiger partial charge < -0.3 is 14.2 Å². The summed E-state index contributed by atoms with van der Waals surface area (Å²) in [6, 6.07) is 18.9. The van der Waals surface area contributed by atoms with Crippen LogP contribution in [0.15, 0.2) is 71.8 Å². The molecule has 0 saturated carbocycles. The molecule has 0 aliphatic carbocycles. The summed E-state index contributed by atoms with van der Waals surface area (Å²) in [5.74, 6) is 0.185. The topological polar surface area (TPSA) is 86.2 Å². The second kappa shape index (κ2) is 11.0. The first-order valence-corrected chi connectivity index (χ1v) is 10.0. The molecule has 0 aliphatic rings. The Hall–Kier alpha value is -3.84. The number of carbonyl (C=O) groups is 2. The number of aryl methyl sites for hydroxylation is 1. The maximum atomic E-state index is 12.4. The number of benzene rings is 3. The number of rotatable bonds is 8. The van der Waals surface area contributed by atoms with E-state index in [0.717, 1.165) is 5.56 Å². The summed E-state index contributed by atoms with van der Waals surface area (Å²) in [7, 11) is 1.45. The van der Waals surface area contributed by atoms with Crippen molar-refractivity contribution in [2.45, 2.75) is 6.92 Å². The lowest BCUT2D eigenvalue weighted by Gasteiger charge is -2.10. The van der Waals surface area contributed by atoms with E-state index < -0.39 is 11.9 Å². The van der Waals surface area contributed by atoms with Crippen molar-refractivity contribution in [3.05, 3.63) is 88.4 Å². The van der Waals surface area contributed by atoms with E-state index in [1.807, 2.05) is 25.1 Å². The van der Waals surface area contributed by atoms with Crippen LogP contribution in [0.4, 0.5) is 0 Å². The van der Waals surface area contributed by atoms with Crippen molar-refractivity contribution in [1.29, 1.82) is 0 Å². The predicted molar refractivity (Wildman–Crippen MR) is 122 cm³/mol. The highest BCUT2D eigenvalue weighted by Crippen LogP contribution is 2.29. The van der Waals surface area contributed by atoms with Gasteiger partial charge in [-0.25, -0.2) is 10.2 Å². The van der Waals surface area contributed by atoms with Gasteiger partial charge in [0.2, 0.25) is 0 Å². The zero-order valence-corrected chi connectivity index (χ0v) is 18.3. The number of esters is 1. The highest BCUT2D eigenvalue weighted by molar-refractivity contribution is 6.33. The molecule has 0 saturated heterocycles. The first kappa shape index (κ1) is 22.8. The van der Waals surface area contributed by atoms with Gasteiger partial charge in [-0.2, -0.15) is 5.10 Å². The Morgan fingerprint density at radius 3 is 2.50 bits per heavy atom. The molecular formula is C24H21ClN2O5. The molecule has 3 rings (SSSR count). The third-order valence-electron chi connectivity index (χ3n) is 4.34. The molecule has 0 fully saturated rings. The minimum absolute atomic E-state index is 0.164. The van der Waals surface area contributed by atoms with Gasteiger partial charge in [0.25, 0.3) is 5.91 Å². The number of amides is 1. The Bertz CT molecular complexity index is 1150. The average Bonchev–Trinajstić information content (AvgIpc) is 2.79. The van der Waals surface area contributed by atoms with Crippen LogP contribution in [-0.4, -0.2) is 31.8 Å². The smallest absolute Gasteiger partial charge is 0.345 e. The number of nitrogens with one attached hydrogen (secondary N) is 1. The van der Waals surface area contributed by atoms with Crippen LogP contribution in [0.25, 0.3) is 0 Å². The largest absolute Gasteiger partial charge is 0.493 e. The number of methoxy groups -OCH3 is 1. The lowest BCUT2D eigenvalue weighted by molar-refractivity contribution is -0.123. The van der Waals surface area contributed by atoms with E-state index in [1.165, 1.54) is 13.3 Å². The molecule has 164 valence electrons. The Balaban J connectivity index is 1.58. The van der Waals surface area contributed by atoms with Crippen LogP contribution in [0.1, 0.15) is 21.5 Å². The zero-order chi connectivity index (χ0) is 22.9. The van der Waals surface area contributed by atoms with Crippen molar-refractivity contribution in [3.8, 4) is 17.2 Å². The summed E-state index contributed by atoms with van der Waals surface area (Å²) < 4.78 is 16.2. The molecule has 0 atom stereocenters.